The van der Waals surface area contributed by atoms with Crippen molar-refractivity contribution in [3.8, 4) is 0 Å². The van der Waals surface area contributed by atoms with Crippen molar-refractivity contribution in [1.82, 2.24) is 10.7 Å². The summed E-state index contributed by atoms with van der Waals surface area (Å²) in [4.78, 5) is 12.2. The molecule has 2 aromatic carbocycles. The van der Waals surface area contributed by atoms with Gasteiger partial charge in [-0.1, -0.05) is 35.9 Å². The zero-order valence-electron chi connectivity index (χ0n) is 12.3. The average Bonchev–Trinajstić information content (AvgIpc) is 2.55. The summed E-state index contributed by atoms with van der Waals surface area (Å²) in [5.74, 6) is -0.265. The number of benzene rings is 2. The quantitative estimate of drug-likeness (QED) is 0.452. The number of halogens is 1. The van der Waals surface area contributed by atoms with Gasteiger partial charge in [-0.25, -0.2) is 0 Å². The van der Waals surface area contributed by atoms with E-state index in [1.807, 2.05) is 12.1 Å². The lowest BCUT2D eigenvalue weighted by Crippen LogP contribution is -2.28. The van der Waals surface area contributed by atoms with Gasteiger partial charge in [0.25, 0.3) is 5.91 Å². The van der Waals surface area contributed by atoms with E-state index in [4.69, 9.17) is 23.8 Å². The van der Waals surface area contributed by atoms with Crippen LogP contribution in [0.2, 0.25) is 5.02 Å². The highest BCUT2D eigenvalue weighted by Crippen LogP contribution is 2.17. The van der Waals surface area contributed by atoms with Crippen molar-refractivity contribution in [2.45, 2.75) is 0 Å². The summed E-state index contributed by atoms with van der Waals surface area (Å²) >= 11 is 10.9. The Labute approximate surface area is 144 Å². The highest BCUT2D eigenvalue weighted by molar-refractivity contribution is 7.80. The standard InChI is InChI=1S/C16H15ClN4OS/c1-18-16(23)21-19-10-11-5-4-6-12(9-11)20-15(22)13-7-2-3-8-14(13)17/h2-10H,1H3,(H,20,22)(H2,18,21,23)/b19-10+. The molecule has 0 aliphatic carbocycles. The van der Waals surface area contributed by atoms with Gasteiger partial charge in [-0.3, -0.25) is 10.2 Å². The molecule has 0 atom stereocenters. The molecule has 0 aliphatic heterocycles. The highest BCUT2D eigenvalue weighted by atomic mass is 35.5. The fourth-order valence-electron chi connectivity index (χ4n) is 1.76. The molecule has 3 N–H and O–H groups in total. The zero-order chi connectivity index (χ0) is 16.7. The van der Waals surface area contributed by atoms with Crippen molar-refractivity contribution < 1.29 is 4.79 Å². The second kappa shape index (κ2) is 8.26. The Morgan fingerprint density at radius 1 is 1.22 bits per heavy atom. The third kappa shape index (κ3) is 5.05. The van der Waals surface area contributed by atoms with Crippen LogP contribution in [-0.4, -0.2) is 24.3 Å². The van der Waals surface area contributed by atoms with E-state index >= 15 is 0 Å². The highest BCUT2D eigenvalue weighted by Gasteiger charge is 2.09. The second-order valence-corrected chi connectivity index (χ2v) is 5.32. The van der Waals surface area contributed by atoms with Crippen LogP contribution in [-0.2, 0) is 0 Å². The van der Waals surface area contributed by atoms with Gasteiger partial charge >= 0.3 is 0 Å². The Morgan fingerprint density at radius 2 is 2.00 bits per heavy atom. The van der Waals surface area contributed by atoms with Gasteiger partial charge in [0, 0.05) is 12.7 Å². The van der Waals surface area contributed by atoms with E-state index in [-0.39, 0.29) is 5.91 Å². The van der Waals surface area contributed by atoms with E-state index in [2.05, 4.69) is 21.2 Å². The maximum absolute atomic E-state index is 12.2. The number of hydrogen-bond acceptors (Lipinski definition) is 3. The Kier molecular flexibility index (Phi) is 6.08. The number of thiocarbonyl (C=S) groups is 1. The van der Waals surface area contributed by atoms with Gasteiger partial charge in [-0.15, -0.1) is 0 Å². The van der Waals surface area contributed by atoms with E-state index in [9.17, 15) is 4.79 Å². The first-order chi connectivity index (χ1) is 11.1. The van der Waals surface area contributed by atoms with Crippen LogP contribution in [0.1, 0.15) is 15.9 Å². The molecule has 0 aromatic heterocycles. The molecule has 0 aliphatic rings. The fraction of sp³-hybridized carbons (Fsp3) is 0.0625. The summed E-state index contributed by atoms with van der Waals surface area (Å²) in [6.07, 6.45) is 1.61. The van der Waals surface area contributed by atoms with Crippen LogP contribution in [0.4, 0.5) is 5.69 Å². The zero-order valence-corrected chi connectivity index (χ0v) is 13.9. The third-order valence-electron chi connectivity index (χ3n) is 2.87. The second-order valence-electron chi connectivity index (χ2n) is 4.51. The molecule has 0 heterocycles. The van der Waals surface area contributed by atoms with Gasteiger partial charge in [-0.2, -0.15) is 5.10 Å². The predicted octanol–water partition coefficient (Wildman–Crippen LogP) is 3.02. The maximum atomic E-state index is 12.2. The first kappa shape index (κ1) is 16.9. The van der Waals surface area contributed by atoms with Crippen LogP contribution in [0.15, 0.2) is 53.6 Å². The number of carbonyl (C=O) groups excluding carboxylic acids is 1. The Balaban J connectivity index is 2.07. The largest absolute Gasteiger partial charge is 0.364 e. The minimum atomic E-state index is -0.265. The molecule has 118 valence electrons. The normalized spacial score (nSPS) is 10.3. The van der Waals surface area contributed by atoms with Gasteiger partial charge in [-0.05, 0) is 42.0 Å². The Hall–Kier alpha value is -2.44. The number of nitrogens with zero attached hydrogens (tertiary/aromatic N) is 1. The number of rotatable bonds is 4. The third-order valence-corrected chi connectivity index (χ3v) is 3.49. The number of hydrogen-bond donors (Lipinski definition) is 3. The van der Waals surface area contributed by atoms with Gasteiger partial charge in [0.15, 0.2) is 5.11 Å². The molecule has 2 aromatic rings. The summed E-state index contributed by atoms with van der Waals surface area (Å²) in [5.41, 5.74) is 4.55. The molecular formula is C16H15ClN4OS. The summed E-state index contributed by atoms with van der Waals surface area (Å²) in [6.45, 7) is 0. The number of anilines is 1. The molecule has 23 heavy (non-hydrogen) atoms. The van der Waals surface area contributed by atoms with Crippen molar-refractivity contribution in [1.29, 1.82) is 0 Å². The van der Waals surface area contributed by atoms with Crippen LogP contribution >= 0.6 is 23.8 Å². The Morgan fingerprint density at radius 3 is 2.74 bits per heavy atom. The van der Waals surface area contributed by atoms with E-state index < -0.39 is 0 Å². The SMILES string of the molecule is CNC(=S)N/N=C/c1cccc(NC(=O)c2ccccc2Cl)c1. The topological polar surface area (TPSA) is 65.5 Å². The lowest BCUT2D eigenvalue weighted by molar-refractivity contribution is 0.102. The molecule has 0 saturated carbocycles. The van der Waals surface area contributed by atoms with Gasteiger partial charge in [0.1, 0.15) is 0 Å². The van der Waals surface area contributed by atoms with E-state index in [1.54, 1.807) is 49.7 Å². The monoisotopic (exact) mass is 346 g/mol. The molecule has 0 bridgehead atoms. The molecule has 0 spiro atoms. The average molecular weight is 347 g/mol. The molecule has 0 saturated heterocycles. The predicted molar refractivity (Wildman–Crippen MR) is 98.2 cm³/mol. The lowest BCUT2D eigenvalue weighted by atomic mass is 10.2. The summed E-state index contributed by atoms with van der Waals surface area (Å²) in [6, 6.07) is 14.2. The molecule has 5 nitrogen and oxygen atoms in total. The van der Waals surface area contributed by atoms with Gasteiger partial charge < -0.3 is 10.6 Å². The van der Waals surface area contributed by atoms with Gasteiger partial charge in [0.2, 0.25) is 0 Å². The molecule has 0 fully saturated rings. The summed E-state index contributed by atoms with van der Waals surface area (Å²) < 4.78 is 0. The Bertz CT molecular complexity index is 748. The number of hydrazone groups is 1. The summed E-state index contributed by atoms with van der Waals surface area (Å²) in [5, 5.41) is 10.4. The molecule has 0 unspecified atom stereocenters. The van der Waals surface area contributed by atoms with Crippen LogP contribution in [0.25, 0.3) is 0 Å². The first-order valence-corrected chi connectivity index (χ1v) is 7.55. The number of amides is 1. The van der Waals surface area contributed by atoms with Gasteiger partial charge in [0.05, 0.1) is 16.8 Å². The van der Waals surface area contributed by atoms with Crippen molar-refractivity contribution >= 4 is 46.7 Å². The molecule has 2 rings (SSSR count). The molecular weight excluding hydrogens is 332 g/mol. The summed E-state index contributed by atoms with van der Waals surface area (Å²) in [7, 11) is 1.70. The molecule has 0 radical (unpaired) electrons. The lowest BCUT2D eigenvalue weighted by Gasteiger charge is -2.07. The maximum Gasteiger partial charge on any atom is 0.257 e. The smallest absolute Gasteiger partial charge is 0.257 e. The van der Waals surface area contributed by atoms with Crippen LogP contribution in [0.3, 0.4) is 0 Å². The first-order valence-electron chi connectivity index (χ1n) is 6.77. The van der Waals surface area contributed by atoms with Crippen molar-refractivity contribution in [3.05, 3.63) is 64.7 Å². The van der Waals surface area contributed by atoms with Crippen LogP contribution in [0.5, 0.6) is 0 Å². The van der Waals surface area contributed by atoms with E-state index in [1.165, 1.54) is 0 Å². The van der Waals surface area contributed by atoms with E-state index in [0.717, 1.165) is 5.56 Å². The molecule has 7 heteroatoms. The van der Waals surface area contributed by atoms with Crippen LogP contribution < -0.4 is 16.1 Å². The minimum absolute atomic E-state index is 0.265. The number of carbonyl (C=O) groups is 1. The van der Waals surface area contributed by atoms with Crippen LogP contribution in [0, 0.1) is 0 Å². The molecule has 1 amide bonds. The minimum Gasteiger partial charge on any atom is -0.364 e. The van der Waals surface area contributed by atoms with Crippen molar-refractivity contribution in [2.24, 2.45) is 5.10 Å². The van der Waals surface area contributed by atoms with Crippen molar-refractivity contribution in [3.63, 3.8) is 0 Å². The van der Waals surface area contributed by atoms with E-state index in [0.29, 0.717) is 21.4 Å². The number of nitrogens with one attached hydrogen (secondary N) is 3. The fourth-order valence-corrected chi connectivity index (χ4v) is 2.04. The van der Waals surface area contributed by atoms with Crippen molar-refractivity contribution in [2.75, 3.05) is 12.4 Å².